The van der Waals surface area contributed by atoms with Gasteiger partial charge in [-0.2, -0.15) is 5.26 Å². The molecular weight excluding hydrogens is 378 g/mol. The molecule has 132 valence electrons. The summed E-state index contributed by atoms with van der Waals surface area (Å²) in [6.45, 7) is 4.42. The average molecular weight is 398 g/mol. The Morgan fingerprint density at radius 3 is 1.85 bits per heavy atom. The Balaban J connectivity index is 1.50. The summed E-state index contributed by atoms with van der Waals surface area (Å²) in [5.41, 5.74) is 4.55. The molecule has 0 N–H and O–H groups in total. The molecule has 0 radical (unpaired) electrons. The molecule has 0 unspecified atom stereocenters. The van der Waals surface area contributed by atoms with Crippen molar-refractivity contribution in [2.24, 2.45) is 0 Å². The van der Waals surface area contributed by atoms with E-state index in [2.05, 4.69) is 54.4 Å². The Hall–Kier alpha value is -1.81. The van der Waals surface area contributed by atoms with Crippen LogP contribution in [0.4, 0.5) is 0 Å². The lowest BCUT2D eigenvalue weighted by molar-refractivity contribution is 0.866. The maximum absolute atomic E-state index is 8.84. The number of nitrogens with zero attached hydrogens (tertiary/aromatic N) is 3. The first kappa shape index (κ1) is 19.0. The molecular formula is C20H19N3S3. The number of hydrogen-bond acceptors (Lipinski definition) is 6. The van der Waals surface area contributed by atoms with Crippen molar-refractivity contribution in [3.05, 3.63) is 70.8 Å². The van der Waals surface area contributed by atoms with E-state index in [4.69, 9.17) is 5.26 Å². The second-order valence-corrected chi connectivity index (χ2v) is 9.54. The molecule has 0 bridgehead atoms. The molecule has 2 aromatic carbocycles. The van der Waals surface area contributed by atoms with Crippen LogP contribution in [0.5, 0.6) is 0 Å². The highest BCUT2D eigenvalue weighted by atomic mass is 32.2. The van der Waals surface area contributed by atoms with Crippen LogP contribution in [0, 0.1) is 11.3 Å². The van der Waals surface area contributed by atoms with Crippen molar-refractivity contribution < 1.29 is 0 Å². The zero-order chi connectivity index (χ0) is 18.4. The maximum Gasteiger partial charge on any atom is 0.175 e. The number of hydrogen-bond donors (Lipinski definition) is 0. The minimum Gasteiger partial charge on any atom is -0.192 e. The van der Waals surface area contributed by atoms with Crippen molar-refractivity contribution in [1.82, 2.24) is 10.2 Å². The molecule has 0 saturated carbocycles. The fraction of sp³-hybridized carbons (Fsp3) is 0.250. The first-order chi connectivity index (χ1) is 12.6. The van der Waals surface area contributed by atoms with Crippen LogP contribution in [-0.2, 0) is 11.5 Å². The van der Waals surface area contributed by atoms with E-state index in [1.165, 1.54) is 16.7 Å². The van der Waals surface area contributed by atoms with E-state index >= 15 is 0 Å². The molecule has 0 atom stereocenters. The number of benzene rings is 2. The minimum absolute atomic E-state index is 0.565. The molecule has 0 aliphatic rings. The SMILES string of the molecule is CC(C)c1ccc(CSc2nnc(SCc3ccc(C#N)cc3)s2)cc1. The quantitative estimate of drug-likeness (QED) is 0.450. The van der Waals surface area contributed by atoms with Crippen LogP contribution in [0.3, 0.4) is 0 Å². The van der Waals surface area contributed by atoms with Gasteiger partial charge >= 0.3 is 0 Å². The lowest BCUT2D eigenvalue weighted by atomic mass is 10.0. The summed E-state index contributed by atoms with van der Waals surface area (Å²) in [6.07, 6.45) is 0. The van der Waals surface area contributed by atoms with Gasteiger partial charge in [-0.15, -0.1) is 10.2 Å². The van der Waals surface area contributed by atoms with E-state index in [0.29, 0.717) is 11.5 Å². The third-order valence-corrected chi connectivity index (χ3v) is 7.17. The summed E-state index contributed by atoms with van der Waals surface area (Å²) in [6, 6.07) is 18.6. The van der Waals surface area contributed by atoms with Gasteiger partial charge in [-0.05, 0) is 34.7 Å². The highest BCUT2D eigenvalue weighted by Crippen LogP contribution is 2.32. The van der Waals surface area contributed by atoms with Gasteiger partial charge in [0.1, 0.15) is 0 Å². The molecule has 0 saturated heterocycles. The second-order valence-electron chi connectivity index (χ2n) is 6.12. The number of rotatable bonds is 7. The molecule has 26 heavy (non-hydrogen) atoms. The molecule has 0 spiro atoms. The first-order valence-corrected chi connectivity index (χ1v) is 11.1. The van der Waals surface area contributed by atoms with Crippen LogP contribution in [0.2, 0.25) is 0 Å². The van der Waals surface area contributed by atoms with Gasteiger partial charge in [-0.1, -0.05) is 85.1 Å². The molecule has 3 aromatic rings. The Labute approximate surface area is 166 Å². The lowest BCUT2D eigenvalue weighted by Gasteiger charge is -2.05. The monoisotopic (exact) mass is 397 g/mol. The van der Waals surface area contributed by atoms with E-state index < -0.39 is 0 Å². The Morgan fingerprint density at radius 1 is 0.885 bits per heavy atom. The standard InChI is InChI=1S/C20H19N3S3/c1-14(2)18-9-7-17(8-10-18)13-25-20-23-22-19(26-20)24-12-16-5-3-15(11-21)4-6-16/h3-10,14H,12-13H2,1-2H3. The largest absolute Gasteiger partial charge is 0.192 e. The molecule has 0 aliphatic carbocycles. The van der Waals surface area contributed by atoms with Crippen molar-refractivity contribution in [2.45, 2.75) is 40.0 Å². The van der Waals surface area contributed by atoms with Crippen LogP contribution < -0.4 is 0 Å². The van der Waals surface area contributed by atoms with Crippen LogP contribution in [-0.4, -0.2) is 10.2 Å². The number of thioether (sulfide) groups is 2. The highest BCUT2D eigenvalue weighted by Gasteiger charge is 2.07. The first-order valence-electron chi connectivity index (χ1n) is 8.31. The van der Waals surface area contributed by atoms with E-state index in [1.54, 1.807) is 34.9 Å². The Morgan fingerprint density at radius 2 is 1.38 bits per heavy atom. The summed E-state index contributed by atoms with van der Waals surface area (Å²) in [7, 11) is 0. The van der Waals surface area contributed by atoms with Gasteiger partial charge in [-0.3, -0.25) is 0 Å². The maximum atomic E-state index is 8.84. The molecule has 0 aliphatic heterocycles. The minimum atomic E-state index is 0.565. The van der Waals surface area contributed by atoms with E-state index in [-0.39, 0.29) is 0 Å². The molecule has 0 amide bonds. The topological polar surface area (TPSA) is 49.6 Å². The fourth-order valence-electron chi connectivity index (χ4n) is 2.28. The number of aromatic nitrogens is 2. The molecule has 1 aromatic heterocycles. The zero-order valence-electron chi connectivity index (χ0n) is 14.7. The van der Waals surface area contributed by atoms with Crippen LogP contribution in [0.15, 0.2) is 57.2 Å². The highest BCUT2D eigenvalue weighted by molar-refractivity contribution is 8.02. The summed E-state index contributed by atoms with van der Waals surface area (Å²) < 4.78 is 1.98. The van der Waals surface area contributed by atoms with E-state index in [9.17, 15) is 0 Å². The number of nitriles is 1. The summed E-state index contributed by atoms with van der Waals surface area (Å²) in [5.74, 6) is 2.31. The summed E-state index contributed by atoms with van der Waals surface area (Å²) in [5, 5.41) is 17.4. The van der Waals surface area contributed by atoms with Crippen molar-refractivity contribution in [3.63, 3.8) is 0 Å². The molecule has 3 nitrogen and oxygen atoms in total. The van der Waals surface area contributed by atoms with Crippen LogP contribution >= 0.6 is 34.9 Å². The predicted molar refractivity (Wildman–Crippen MR) is 111 cm³/mol. The molecule has 6 heteroatoms. The van der Waals surface area contributed by atoms with Crippen molar-refractivity contribution in [3.8, 4) is 6.07 Å². The van der Waals surface area contributed by atoms with Gasteiger partial charge in [0.15, 0.2) is 8.68 Å². The Bertz CT molecular complexity index is 878. The fourth-order valence-corrected chi connectivity index (χ4v) is 5.21. The zero-order valence-corrected chi connectivity index (χ0v) is 17.1. The lowest BCUT2D eigenvalue weighted by Crippen LogP contribution is -1.87. The molecule has 1 heterocycles. The second kappa shape index (κ2) is 9.22. The van der Waals surface area contributed by atoms with Crippen molar-refractivity contribution in [1.29, 1.82) is 5.26 Å². The van der Waals surface area contributed by atoms with Crippen LogP contribution in [0.25, 0.3) is 0 Å². The third-order valence-electron chi connectivity index (χ3n) is 3.84. The van der Waals surface area contributed by atoms with Gasteiger partial charge in [-0.25, -0.2) is 0 Å². The normalized spacial score (nSPS) is 10.8. The van der Waals surface area contributed by atoms with Gasteiger partial charge < -0.3 is 0 Å². The predicted octanol–water partition coefficient (Wildman–Crippen LogP) is 6.12. The average Bonchev–Trinajstić information content (AvgIpc) is 3.13. The summed E-state index contributed by atoms with van der Waals surface area (Å²) >= 11 is 5.05. The van der Waals surface area contributed by atoms with Gasteiger partial charge in [0, 0.05) is 11.5 Å². The molecule has 3 rings (SSSR count). The van der Waals surface area contributed by atoms with Gasteiger partial charge in [0.25, 0.3) is 0 Å². The van der Waals surface area contributed by atoms with Crippen molar-refractivity contribution >= 4 is 34.9 Å². The van der Waals surface area contributed by atoms with E-state index in [0.717, 1.165) is 20.2 Å². The third kappa shape index (κ3) is 5.34. The van der Waals surface area contributed by atoms with Gasteiger partial charge in [0.05, 0.1) is 11.6 Å². The smallest absolute Gasteiger partial charge is 0.175 e. The van der Waals surface area contributed by atoms with E-state index in [1.807, 2.05) is 24.3 Å². The van der Waals surface area contributed by atoms with Crippen molar-refractivity contribution in [2.75, 3.05) is 0 Å². The summed E-state index contributed by atoms with van der Waals surface area (Å²) in [4.78, 5) is 0. The van der Waals surface area contributed by atoms with Crippen LogP contribution in [0.1, 0.15) is 42.0 Å². The van der Waals surface area contributed by atoms with Gasteiger partial charge in [0.2, 0.25) is 0 Å². The Kier molecular flexibility index (Phi) is 6.73. The molecule has 0 fully saturated rings.